The van der Waals surface area contributed by atoms with Gasteiger partial charge in [0.2, 0.25) is 0 Å². The number of nitrogens with one attached hydrogen (secondary N) is 2. The third-order valence-electron chi connectivity index (χ3n) is 4.15. The van der Waals surface area contributed by atoms with E-state index in [1.807, 2.05) is 5.38 Å². The maximum Gasteiger partial charge on any atom is 0.313 e. The number of rotatable bonds is 5. The van der Waals surface area contributed by atoms with Crippen LogP contribution in [0.5, 0.6) is 0 Å². The van der Waals surface area contributed by atoms with Crippen LogP contribution in [0.25, 0.3) is 0 Å². The average Bonchev–Trinajstić information content (AvgIpc) is 3.37. The summed E-state index contributed by atoms with van der Waals surface area (Å²) < 4.78 is 5.06. The van der Waals surface area contributed by atoms with Gasteiger partial charge in [-0.2, -0.15) is 0 Å². The lowest BCUT2D eigenvalue weighted by Gasteiger charge is -2.26. The predicted molar refractivity (Wildman–Crippen MR) is 104 cm³/mol. The van der Waals surface area contributed by atoms with Gasteiger partial charge < -0.3 is 20.2 Å². The number of hydrogen-bond donors (Lipinski definition) is 3. The SMILES string of the molecule is Cc1c(Cl)cccc1NC(=O)C(=O)NC[C@@](O)(c1ccoc1)c1cccs1. The van der Waals surface area contributed by atoms with Crippen LogP contribution in [0.1, 0.15) is 16.0 Å². The molecule has 0 spiro atoms. The second-order valence-electron chi connectivity index (χ2n) is 5.90. The zero-order valence-corrected chi connectivity index (χ0v) is 15.9. The van der Waals surface area contributed by atoms with Crippen LogP contribution in [0.4, 0.5) is 5.69 Å². The Morgan fingerprint density at radius 1 is 1.22 bits per heavy atom. The normalized spacial score (nSPS) is 13.0. The molecule has 0 aliphatic heterocycles. The summed E-state index contributed by atoms with van der Waals surface area (Å²) in [5.74, 6) is -1.71. The second-order valence-corrected chi connectivity index (χ2v) is 7.25. The largest absolute Gasteiger partial charge is 0.472 e. The van der Waals surface area contributed by atoms with Crippen LogP contribution in [0, 0.1) is 6.92 Å². The molecule has 2 amide bonds. The Morgan fingerprint density at radius 3 is 2.70 bits per heavy atom. The number of carbonyl (C=O) groups excluding carboxylic acids is 2. The first-order valence-corrected chi connectivity index (χ1v) is 9.31. The van der Waals surface area contributed by atoms with Crippen LogP contribution in [0.2, 0.25) is 5.02 Å². The first-order valence-electron chi connectivity index (χ1n) is 8.05. The standard InChI is InChI=1S/C19H17ClN2O4S/c1-12-14(20)4-2-5-15(12)22-18(24)17(23)21-11-19(25,13-7-8-26-10-13)16-6-3-9-27-16/h2-10,25H,11H2,1H3,(H,21,23)(H,22,24)/t19-/m1/s1. The van der Waals surface area contributed by atoms with E-state index in [0.29, 0.717) is 26.7 Å². The van der Waals surface area contributed by atoms with Crippen molar-refractivity contribution in [2.45, 2.75) is 12.5 Å². The molecule has 3 rings (SSSR count). The number of aliphatic hydroxyl groups is 1. The molecule has 1 aromatic carbocycles. The molecule has 27 heavy (non-hydrogen) atoms. The molecular weight excluding hydrogens is 388 g/mol. The molecule has 0 saturated carbocycles. The van der Waals surface area contributed by atoms with E-state index >= 15 is 0 Å². The lowest BCUT2D eigenvalue weighted by atomic mass is 9.94. The number of carbonyl (C=O) groups is 2. The van der Waals surface area contributed by atoms with Gasteiger partial charge >= 0.3 is 11.8 Å². The van der Waals surface area contributed by atoms with Crippen molar-refractivity contribution in [3.8, 4) is 0 Å². The summed E-state index contributed by atoms with van der Waals surface area (Å²) >= 11 is 7.36. The molecule has 0 unspecified atom stereocenters. The van der Waals surface area contributed by atoms with Gasteiger partial charge in [0.25, 0.3) is 0 Å². The van der Waals surface area contributed by atoms with Crippen LogP contribution in [0.15, 0.2) is 58.7 Å². The Kier molecular flexibility index (Phi) is 5.65. The van der Waals surface area contributed by atoms with Crippen molar-refractivity contribution in [3.63, 3.8) is 0 Å². The van der Waals surface area contributed by atoms with Gasteiger partial charge in [0.15, 0.2) is 0 Å². The van der Waals surface area contributed by atoms with Crippen molar-refractivity contribution in [2.75, 3.05) is 11.9 Å². The van der Waals surface area contributed by atoms with Crippen molar-refractivity contribution >= 4 is 40.4 Å². The molecule has 1 atom stereocenters. The molecule has 140 valence electrons. The highest BCUT2D eigenvalue weighted by molar-refractivity contribution is 7.10. The van der Waals surface area contributed by atoms with Crippen molar-refractivity contribution in [1.29, 1.82) is 0 Å². The highest BCUT2D eigenvalue weighted by atomic mass is 35.5. The lowest BCUT2D eigenvalue weighted by molar-refractivity contribution is -0.136. The Bertz CT molecular complexity index is 905. The molecule has 3 aromatic rings. The molecule has 8 heteroatoms. The fraction of sp³-hybridized carbons (Fsp3) is 0.158. The van der Waals surface area contributed by atoms with E-state index in [-0.39, 0.29) is 6.54 Å². The molecule has 2 aromatic heterocycles. The number of hydrogen-bond acceptors (Lipinski definition) is 5. The number of anilines is 1. The minimum atomic E-state index is -1.50. The molecule has 0 aliphatic carbocycles. The Balaban J connectivity index is 1.71. The van der Waals surface area contributed by atoms with Gasteiger partial charge in [-0.15, -0.1) is 11.3 Å². The fourth-order valence-corrected chi connectivity index (χ4v) is 3.58. The van der Waals surface area contributed by atoms with Gasteiger partial charge in [0.1, 0.15) is 5.60 Å². The maximum atomic E-state index is 12.2. The van der Waals surface area contributed by atoms with Crippen LogP contribution < -0.4 is 10.6 Å². The lowest BCUT2D eigenvalue weighted by Crippen LogP contribution is -2.44. The summed E-state index contributed by atoms with van der Waals surface area (Å²) in [6.45, 7) is 1.55. The van der Waals surface area contributed by atoms with Crippen LogP contribution in [0.3, 0.4) is 0 Å². The van der Waals surface area contributed by atoms with Crippen LogP contribution in [-0.2, 0) is 15.2 Å². The quantitative estimate of drug-likeness (QED) is 0.569. The number of amides is 2. The third-order valence-corrected chi connectivity index (χ3v) is 5.58. The average molecular weight is 405 g/mol. The van der Waals surface area contributed by atoms with Gasteiger partial charge in [0, 0.05) is 21.2 Å². The summed E-state index contributed by atoms with van der Waals surface area (Å²) in [5, 5.41) is 18.4. The maximum absolute atomic E-state index is 12.2. The topological polar surface area (TPSA) is 91.6 Å². The first-order chi connectivity index (χ1) is 12.9. The van der Waals surface area contributed by atoms with E-state index in [1.165, 1.54) is 23.9 Å². The molecule has 2 heterocycles. The molecule has 0 bridgehead atoms. The molecule has 0 saturated heterocycles. The van der Waals surface area contributed by atoms with Crippen LogP contribution >= 0.6 is 22.9 Å². The minimum Gasteiger partial charge on any atom is -0.472 e. The fourth-order valence-electron chi connectivity index (χ4n) is 2.56. The Hall–Kier alpha value is -2.61. The zero-order valence-electron chi connectivity index (χ0n) is 14.4. The number of thiophene rings is 1. The first kappa shape index (κ1) is 19.2. The van der Waals surface area contributed by atoms with Gasteiger partial charge in [-0.25, -0.2) is 0 Å². The van der Waals surface area contributed by atoms with Crippen molar-refractivity contribution < 1.29 is 19.1 Å². The Morgan fingerprint density at radius 2 is 2.04 bits per heavy atom. The second kappa shape index (κ2) is 7.96. The number of furan rings is 1. The van der Waals surface area contributed by atoms with Gasteiger partial charge in [-0.1, -0.05) is 23.7 Å². The summed E-state index contributed by atoms with van der Waals surface area (Å²) in [6.07, 6.45) is 2.84. The smallest absolute Gasteiger partial charge is 0.313 e. The molecule has 0 aliphatic rings. The molecular formula is C19H17ClN2O4S. The summed E-state index contributed by atoms with van der Waals surface area (Å²) in [5.41, 5.74) is 0.0967. The minimum absolute atomic E-state index is 0.187. The van der Waals surface area contributed by atoms with Crippen molar-refractivity contribution in [2.24, 2.45) is 0 Å². The predicted octanol–water partition coefficient (Wildman–Crippen LogP) is 3.29. The molecule has 0 fully saturated rings. The highest BCUT2D eigenvalue weighted by Gasteiger charge is 2.35. The van der Waals surface area contributed by atoms with Crippen molar-refractivity contribution in [1.82, 2.24) is 5.32 Å². The molecule has 3 N–H and O–H groups in total. The van der Waals surface area contributed by atoms with Crippen molar-refractivity contribution in [3.05, 3.63) is 75.3 Å². The number of halogens is 1. The van der Waals surface area contributed by atoms with Gasteiger partial charge in [-0.3, -0.25) is 9.59 Å². The van der Waals surface area contributed by atoms with E-state index in [4.69, 9.17) is 16.0 Å². The van der Waals surface area contributed by atoms with E-state index in [0.717, 1.165) is 0 Å². The van der Waals surface area contributed by atoms with E-state index in [9.17, 15) is 14.7 Å². The summed E-state index contributed by atoms with van der Waals surface area (Å²) in [6, 6.07) is 10.2. The molecule has 6 nitrogen and oxygen atoms in total. The zero-order chi connectivity index (χ0) is 19.4. The van der Waals surface area contributed by atoms with Gasteiger partial charge in [0.05, 0.1) is 19.1 Å². The Labute approximate surface area is 164 Å². The van der Waals surface area contributed by atoms with E-state index < -0.39 is 17.4 Å². The van der Waals surface area contributed by atoms with Gasteiger partial charge in [-0.05, 0) is 42.1 Å². The van der Waals surface area contributed by atoms with Crippen LogP contribution in [-0.4, -0.2) is 23.5 Å². The summed E-state index contributed by atoms with van der Waals surface area (Å²) in [7, 11) is 0. The third kappa shape index (κ3) is 4.05. The molecule has 0 radical (unpaired) electrons. The van der Waals surface area contributed by atoms with E-state index in [2.05, 4.69) is 10.6 Å². The van der Waals surface area contributed by atoms with E-state index in [1.54, 1.807) is 43.3 Å². The number of benzene rings is 1. The monoisotopic (exact) mass is 404 g/mol. The summed E-state index contributed by atoms with van der Waals surface area (Å²) in [4.78, 5) is 25.1. The highest BCUT2D eigenvalue weighted by Crippen LogP contribution is 2.32.